The average molecular weight is 188 g/mol. The number of carbonyl (C=O) groups is 2. The predicted molar refractivity (Wildman–Crippen MR) is 47.3 cm³/mol. The van der Waals surface area contributed by atoms with Gasteiger partial charge in [0.1, 0.15) is 0 Å². The Labute approximate surface area is 77.9 Å². The van der Waals surface area contributed by atoms with Crippen molar-refractivity contribution >= 4 is 11.9 Å². The van der Waals surface area contributed by atoms with E-state index in [1.807, 2.05) is 6.92 Å². The molecule has 0 bridgehead atoms. The molecule has 1 atom stereocenters. The minimum atomic E-state index is -1.06. The maximum Gasteiger partial charge on any atom is 0.345 e. The van der Waals surface area contributed by atoms with Gasteiger partial charge in [0, 0.05) is 6.92 Å². The standard InChI is InChI=1S/C9H16O4/c1-3-4-5-6-8(9(11)12)13-7(2)10/h8H,3-6H2,1-2H3,(H,11,12). The third-order valence-electron chi connectivity index (χ3n) is 1.65. The Morgan fingerprint density at radius 2 is 2.00 bits per heavy atom. The smallest absolute Gasteiger partial charge is 0.345 e. The summed E-state index contributed by atoms with van der Waals surface area (Å²) in [7, 11) is 0. The molecule has 76 valence electrons. The van der Waals surface area contributed by atoms with Crippen molar-refractivity contribution in [1.29, 1.82) is 0 Å². The first kappa shape index (κ1) is 11.9. The van der Waals surface area contributed by atoms with Crippen molar-refractivity contribution in [2.24, 2.45) is 0 Å². The van der Waals surface area contributed by atoms with Crippen LogP contribution in [-0.4, -0.2) is 23.1 Å². The molecule has 1 N–H and O–H groups in total. The van der Waals surface area contributed by atoms with E-state index in [0.717, 1.165) is 19.3 Å². The molecule has 0 aliphatic heterocycles. The quantitative estimate of drug-likeness (QED) is 0.507. The number of carboxylic acids is 1. The van der Waals surface area contributed by atoms with Crippen molar-refractivity contribution in [2.75, 3.05) is 0 Å². The molecule has 0 spiro atoms. The summed E-state index contributed by atoms with van der Waals surface area (Å²) >= 11 is 0. The van der Waals surface area contributed by atoms with Gasteiger partial charge in [-0.3, -0.25) is 4.79 Å². The Balaban J connectivity index is 3.81. The monoisotopic (exact) mass is 188 g/mol. The van der Waals surface area contributed by atoms with Crippen LogP contribution in [0.25, 0.3) is 0 Å². The van der Waals surface area contributed by atoms with Crippen molar-refractivity contribution in [1.82, 2.24) is 0 Å². The van der Waals surface area contributed by atoms with Gasteiger partial charge in [-0.25, -0.2) is 4.79 Å². The number of rotatable bonds is 6. The van der Waals surface area contributed by atoms with E-state index < -0.39 is 18.0 Å². The number of hydrogen-bond acceptors (Lipinski definition) is 3. The van der Waals surface area contributed by atoms with E-state index in [1.54, 1.807) is 0 Å². The van der Waals surface area contributed by atoms with Crippen molar-refractivity contribution < 1.29 is 19.4 Å². The van der Waals surface area contributed by atoms with Crippen molar-refractivity contribution in [3.8, 4) is 0 Å². The molecular formula is C9H16O4. The highest BCUT2D eigenvalue weighted by atomic mass is 16.6. The fraction of sp³-hybridized carbons (Fsp3) is 0.778. The minimum Gasteiger partial charge on any atom is -0.479 e. The van der Waals surface area contributed by atoms with Gasteiger partial charge >= 0.3 is 11.9 Å². The molecule has 0 saturated heterocycles. The van der Waals surface area contributed by atoms with Crippen LogP contribution in [0.1, 0.15) is 39.5 Å². The van der Waals surface area contributed by atoms with Gasteiger partial charge in [-0.15, -0.1) is 0 Å². The number of carboxylic acid groups (broad SMARTS) is 1. The lowest BCUT2D eigenvalue weighted by Crippen LogP contribution is -2.25. The van der Waals surface area contributed by atoms with E-state index in [4.69, 9.17) is 5.11 Å². The lowest BCUT2D eigenvalue weighted by molar-refractivity contribution is -0.163. The third-order valence-corrected chi connectivity index (χ3v) is 1.65. The van der Waals surface area contributed by atoms with Crippen LogP contribution in [0.3, 0.4) is 0 Å². The number of aliphatic carboxylic acids is 1. The van der Waals surface area contributed by atoms with Crippen LogP contribution in [0.2, 0.25) is 0 Å². The second kappa shape index (κ2) is 6.46. The van der Waals surface area contributed by atoms with Gasteiger partial charge in [0.2, 0.25) is 0 Å². The number of hydrogen-bond donors (Lipinski definition) is 1. The third kappa shape index (κ3) is 6.13. The summed E-state index contributed by atoms with van der Waals surface area (Å²) in [5, 5.41) is 8.64. The molecule has 0 aliphatic rings. The topological polar surface area (TPSA) is 63.6 Å². The van der Waals surface area contributed by atoms with E-state index in [0.29, 0.717) is 6.42 Å². The molecule has 0 aliphatic carbocycles. The zero-order valence-corrected chi connectivity index (χ0v) is 8.08. The molecular weight excluding hydrogens is 172 g/mol. The summed E-state index contributed by atoms with van der Waals surface area (Å²) in [6, 6.07) is 0. The second-order valence-electron chi connectivity index (χ2n) is 2.93. The molecule has 0 amide bonds. The van der Waals surface area contributed by atoms with Crippen LogP contribution in [0.4, 0.5) is 0 Å². The van der Waals surface area contributed by atoms with Crippen LogP contribution < -0.4 is 0 Å². The summed E-state index contributed by atoms with van der Waals surface area (Å²) in [4.78, 5) is 21.1. The molecule has 1 unspecified atom stereocenters. The lowest BCUT2D eigenvalue weighted by atomic mass is 10.1. The molecule has 0 aromatic heterocycles. The van der Waals surface area contributed by atoms with E-state index in [1.165, 1.54) is 6.92 Å². The maximum atomic E-state index is 10.6. The van der Waals surface area contributed by atoms with E-state index >= 15 is 0 Å². The number of esters is 1. The van der Waals surface area contributed by atoms with Gasteiger partial charge in [-0.1, -0.05) is 19.8 Å². The van der Waals surface area contributed by atoms with Gasteiger partial charge in [0.25, 0.3) is 0 Å². The molecule has 0 heterocycles. The molecule has 4 heteroatoms. The lowest BCUT2D eigenvalue weighted by Gasteiger charge is -2.11. The van der Waals surface area contributed by atoms with Crippen LogP contribution >= 0.6 is 0 Å². The van der Waals surface area contributed by atoms with Crippen molar-refractivity contribution in [3.63, 3.8) is 0 Å². The first-order valence-electron chi connectivity index (χ1n) is 4.48. The Morgan fingerprint density at radius 3 is 2.38 bits per heavy atom. The summed E-state index contributed by atoms with van der Waals surface area (Å²) in [6.07, 6.45) is 2.20. The van der Waals surface area contributed by atoms with Gasteiger partial charge < -0.3 is 9.84 Å². The highest BCUT2D eigenvalue weighted by Gasteiger charge is 2.19. The molecule has 0 fully saturated rings. The fourth-order valence-corrected chi connectivity index (χ4v) is 1.01. The molecule has 0 radical (unpaired) electrons. The Kier molecular flexibility index (Phi) is 5.93. The Hall–Kier alpha value is -1.06. The van der Waals surface area contributed by atoms with Crippen LogP contribution in [-0.2, 0) is 14.3 Å². The van der Waals surface area contributed by atoms with Crippen LogP contribution in [0.5, 0.6) is 0 Å². The minimum absolute atomic E-state index is 0.406. The zero-order valence-electron chi connectivity index (χ0n) is 8.08. The van der Waals surface area contributed by atoms with Crippen LogP contribution in [0.15, 0.2) is 0 Å². The van der Waals surface area contributed by atoms with Gasteiger partial charge in [-0.2, -0.15) is 0 Å². The molecule has 13 heavy (non-hydrogen) atoms. The summed E-state index contributed by atoms with van der Waals surface area (Å²) in [6.45, 7) is 3.25. The summed E-state index contributed by atoms with van der Waals surface area (Å²) in [5.41, 5.74) is 0. The molecule has 0 aromatic carbocycles. The Morgan fingerprint density at radius 1 is 1.38 bits per heavy atom. The van der Waals surface area contributed by atoms with E-state index in [9.17, 15) is 9.59 Å². The first-order chi connectivity index (χ1) is 6.07. The maximum absolute atomic E-state index is 10.6. The Bertz CT molecular complexity index is 176. The second-order valence-corrected chi connectivity index (χ2v) is 2.93. The summed E-state index contributed by atoms with van der Waals surface area (Å²) < 4.78 is 4.62. The van der Waals surface area contributed by atoms with Crippen molar-refractivity contribution in [2.45, 2.75) is 45.6 Å². The van der Waals surface area contributed by atoms with Gasteiger partial charge in [0.15, 0.2) is 6.10 Å². The zero-order chi connectivity index (χ0) is 10.3. The van der Waals surface area contributed by atoms with Crippen LogP contribution in [0, 0.1) is 0 Å². The highest BCUT2D eigenvalue weighted by molar-refractivity contribution is 5.76. The highest BCUT2D eigenvalue weighted by Crippen LogP contribution is 2.07. The van der Waals surface area contributed by atoms with Crippen molar-refractivity contribution in [3.05, 3.63) is 0 Å². The molecule has 4 nitrogen and oxygen atoms in total. The SMILES string of the molecule is CCCCCC(OC(C)=O)C(=O)O. The molecule has 0 rings (SSSR count). The molecule has 0 aromatic rings. The fourth-order valence-electron chi connectivity index (χ4n) is 1.01. The number of ether oxygens (including phenoxy) is 1. The number of unbranched alkanes of at least 4 members (excludes halogenated alkanes) is 2. The molecule has 0 saturated carbocycles. The van der Waals surface area contributed by atoms with Gasteiger partial charge in [-0.05, 0) is 12.8 Å². The van der Waals surface area contributed by atoms with E-state index in [2.05, 4.69) is 4.74 Å². The normalized spacial score (nSPS) is 12.2. The van der Waals surface area contributed by atoms with E-state index in [-0.39, 0.29) is 0 Å². The number of carbonyl (C=O) groups excluding carboxylic acids is 1. The largest absolute Gasteiger partial charge is 0.479 e. The average Bonchev–Trinajstić information content (AvgIpc) is 2.02. The first-order valence-corrected chi connectivity index (χ1v) is 4.48. The summed E-state index contributed by atoms with van der Waals surface area (Å²) in [5.74, 6) is -1.60. The van der Waals surface area contributed by atoms with Gasteiger partial charge in [0.05, 0.1) is 0 Å². The predicted octanol–water partition coefficient (Wildman–Crippen LogP) is 1.58.